The van der Waals surface area contributed by atoms with Crippen LogP contribution in [-0.2, 0) is 11.3 Å². The molecule has 25 heavy (non-hydrogen) atoms. The Kier molecular flexibility index (Phi) is 5.40. The molecule has 132 valence electrons. The van der Waals surface area contributed by atoms with Crippen molar-refractivity contribution < 1.29 is 14.3 Å². The zero-order valence-corrected chi connectivity index (χ0v) is 14.2. The van der Waals surface area contributed by atoms with Gasteiger partial charge in [-0.2, -0.15) is 0 Å². The molecule has 1 aliphatic rings. The number of hydrogen-bond acceptors (Lipinski definition) is 4. The van der Waals surface area contributed by atoms with Crippen molar-refractivity contribution in [3.63, 3.8) is 0 Å². The van der Waals surface area contributed by atoms with E-state index in [2.05, 4.69) is 9.88 Å². The average Bonchev–Trinajstić information content (AvgIpc) is 2.60. The molecule has 0 aliphatic carbocycles. The van der Waals surface area contributed by atoms with Gasteiger partial charge in [0.25, 0.3) is 0 Å². The molecule has 1 aromatic heterocycles. The van der Waals surface area contributed by atoms with Gasteiger partial charge in [0.05, 0.1) is 0 Å². The van der Waals surface area contributed by atoms with Crippen LogP contribution in [0.4, 0.5) is 4.39 Å². The Bertz CT molecular complexity index is 731. The smallest absolute Gasteiger partial charge is 0.325 e. The third-order valence-electron chi connectivity index (χ3n) is 4.63. The fraction of sp³-hybridized carbons (Fsp3) is 0.368. The maximum atomic E-state index is 13.5. The molecular weight excluding hydrogens is 321 g/mol. The van der Waals surface area contributed by atoms with E-state index in [0.717, 1.165) is 25.2 Å². The second-order valence-corrected chi connectivity index (χ2v) is 6.42. The third-order valence-corrected chi connectivity index (χ3v) is 4.63. The Morgan fingerprint density at radius 2 is 2.04 bits per heavy atom. The first-order chi connectivity index (χ1) is 12.0. The number of piperazine rings is 1. The molecule has 2 heterocycles. The van der Waals surface area contributed by atoms with Crippen LogP contribution < -0.4 is 0 Å². The lowest BCUT2D eigenvalue weighted by Crippen LogP contribution is -2.48. The van der Waals surface area contributed by atoms with Crippen molar-refractivity contribution in [3.8, 4) is 0 Å². The number of carboxylic acid groups (broad SMARTS) is 1. The number of aliphatic carboxylic acids is 1. The minimum Gasteiger partial charge on any atom is -0.480 e. The highest BCUT2D eigenvalue weighted by Gasteiger charge is 2.30. The number of hydrogen-bond donors (Lipinski definition) is 1. The van der Waals surface area contributed by atoms with Gasteiger partial charge in [0, 0.05) is 45.1 Å². The first-order valence-corrected chi connectivity index (χ1v) is 8.39. The molecule has 0 saturated carbocycles. The molecule has 0 spiro atoms. The predicted octanol–water partition coefficient (Wildman–Crippen LogP) is 2.47. The summed E-state index contributed by atoms with van der Waals surface area (Å²) < 4.78 is 13.5. The number of rotatable bonds is 5. The lowest BCUT2D eigenvalue weighted by atomic mass is 10.0. The van der Waals surface area contributed by atoms with Crippen molar-refractivity contribution in [1.29, 1.82) is 0 Å². The molecule has 1 aromatic carbocycles. The summed E-state index contributed by atoms with van der Waals surface area (Å²) in [4.78, 5) is 20.2. The Balaban J connectivity index is 1.66. The van der Waals surface area contributed by atoms with Crippen molar-refractivity contribution in [2.75, 3.05) is 26.2 Å². The number of carbonyl (C=O) groups is 1. The van der Waals surface area contributed by atoms with E-state index in [1.165, 1.54) is 6.07 Å². The molecule has 2 aromatic rings. The average molecular weight is 343 g/mol. The van der Waals surface area contributed by atoms with Crippen molar-refractivity contribution >= 4 is 5.97 Å². The van der Waals surface area contributed by atoms with Gasteiger partial charge in [0.1, 0.15) is 11.9 Å². The van der Waals surface area contributed by atoms with Gasteiger partial charge in [-0.05, 0) is 35.7 Å². The number of halogens is 1. The van der Waals surface area contributed by atoms with Crippen molar-refractivity contribution in [2.45, 2.75) is 19.5 Å². The van der Waals surface area contributed by atoms with Gasteiger partial charge >= 0.3 is 5.97 Å². The largest absolute Gasteiger partial charge is 0.480 e. The molecule has 0 amide bonds. The Morgan fingerprint density at radius 3 is 2.64 bits per heavy atom. The first kappa shape index (κ1) is 17.5. The van der Waals surface area contributed by atoms with E-state index < -0.39 is 12.0 Å². The molecule has 1 N–H and O–H groups in total. The van der Waals surface area contributed by atoms with Crippen LogP contribution in [0.1, 0.15) is 22.7 Å². The third kappa shape index (κ3) is 4.21. The van der Waals surface area contributed by atoms with Gasteiger partial charge in [-0.15, -0.1) is 0 Å². The van der Waals surface area contributed by atoms with E-state index in [4.69, 9.17) is 0 Å². The van der Waals surface area contributed by atoms with Gasteiger partial charge in [-0.25, -0.2) is 4.39 Å². The summed E-state index contributed by atoms with van der Waals surface area (Å²) in [5, 5.41) is 9.68. The Hall–Kier alpha value is -2.31. The minimum atomic E-state index is -0.897. The van der Waals surface area contributed by atoms with Gasteiger partial charge in [-0.1, -0.05) is 18.2 Å². The van der Waals surface area contributed by atoms with Crippen molar-refractivity contribution in [1.82, 2.24) is 14.8 Å². The van der Waals surface area contributed by atoms with Gasteiger partial charge in [-0.3, -0.25) is 19.6 Å². The van der Waals surface area contributed by atoms with Crippen LogP contribution in [0, 0.1) is 12.7 Å². The minimum absolute atomic E-state index is 0.311. The maximum Gasteiger partial charge on any atom is 0.325 e. The molecule has 0 bridgehead atoms. The van der Waals surface area contributed by atoms with E-state index in [9.17, 15) is 14.3 Å². The second-order valence-electron chi connectivity index (χ2n) is 6.42. The molecule has 0 radical (unpaired) electrons. The highest BCUT2D eigenvalue weighted by atomic mass is 19.1. The van der Waals surface area contributed by atoms with Crippen LogP contribution in [0.3, 0.4) is 0 Å². The standard InChI is InChI=1S/C19H22FN3O2/c1-14-11-16(4-5-17(14)20)18(19(24)25)23-9-7-22(8-10-23)13-15-3-2-6-21-12-15/h2-6,11-12,18H,7-10,13H2,1H3,(H,24,25)/t18-/m0/s1. The quantitative estimate of drug-likeness (QED) is 0.904. The fourth-order valence-electron chi connectivity index (χ4n) is 3.28. The zero-order valence-electron chi connectivity index (χ0n) is 14.2. The van der Waals surface area contributed by atoms with Crippen LogP contribution in [0.15, 0.2) is 42.7 Å². The summed E-state index contributed by atoms with van der Waals surface area (Å²) in [5.74, 6) is -1.21. The van der Waals surface area contributed by atoms with Gasteiger partial charge < -0.3 is 5.11 Å². The molecule has 5 nitrogen and oxygen atoms in total. The van der Waals surface area contributed by atoms with Crippen LogP contribution >= 0.6 is 0 Å². The molecule has 6 heteroatoms. The van der Waals surface area contributed by atoms with E-state index in [1.54, 1.807) is 25.3 Å². The van der Waals surface area contributed by atoms with Crippen LogP contribution in [0.25, 0.3) is 0 Å². The monoisotopic (exact) mass is 343 g/mol. The number of carboxylic acids is 1. The highest BCUT2D eigenvalue weighted by molar-refractivity contribution is 5.75. The maximum absolute atomic E-state index is 13.5. The molecule has 1 saturated heterocycles. The fourth-order valence-corrected chi connectivity index (χ4v) is 3.28. The summed E-state index contributed by atoms with van der Waals surface area (Å²) >= 11 is 0. The molecule has 1 atom stereocenters. The van der Waals surface area contributed by atoms with Gasteiger partial charge in [0.2, 0.25) is 0 Å². The van der Waals surface area contributed by atoms with Crippen LogP contribution in [-0.4, -0.2) is 52.0 Å². The van der Waals surface area contributed by atoms with E-state index >= 15 is 0 Å². The topological polar surface area (TPSA) is 56.7 Å². The summed E-state index contributed by atoms with van der Waals surface area (Å²) in [5.41, 5.74) is 2.26. The number of pyridine rings is 1. The Morgan fingerprint density at radius 1 is 1.28 bits per heavy atom. The van der Waals surface area contributed by atoms with E-state index in [1.807, 2.05) is 23.2 Å². The summed E-state index contributed by atoms with van der Waals surface area (Å²) in [6.45, 7) is 5.37. The van der Waals surface area contributed by atoms with E-state index in [0.29, 0.717) is 24.2 Å². The Labute approximate surface area is 146 Å². The normalized spacial score (nSPS) is 17.4. The lowest BCUT2D eigenvalue weighted by molar-refractivity contribution is -0.144. The number of benzene rings is 1. The van der Waals surface area contributed by atoms with Crippen molar-refractivity contribution in [2.24, 2.45) is 0 Å². The van der Waals surface area contributed by atoms with Crippen molar-refractivity contribution in [3.05, 3.63) is 65.2 Å². The van der Waals surface area contributed by atoms with Crippen LogP contribution in [0.5, 0.6) is 0 Å². The first-order valence-electron chi connectivity index (χ1n) is 8.39. The molecular formula is C19H22FN3O2. The lowest BCUT2D eigenvalue weighted by Gasteiger charge is -2.37. The SMILES string of the molecule is Cc1cc([C@@H](C(=O)O)N2CCN(Cc3cccnc3)CC2)ccc1F. The summed E-state index contributed by atoms with van der Waals surface area (Å²) in [7, 11) is 0. The van der Waals surface area contributed by atoms with Gasteiger partial charge in [0.15, 0.2) is 0 Å². The molecule has 3 rings (SSSR count). The van der Waals surface area contributed by atoms with E-state index in [-0.39, 0.29) is 5.82 Å². The van der Waals surface area contributed by atoms with Crippen LogP contribution in [0.2, 0.25) is 0 Å². The number of aromatic nitrogens is 1. The molecule has 0 unspecified atom stereocenters. The second kappa shape index (κ2) is 7.72. The zero-order chi connectivity index (χ0) is 17.8. The summed E-state index contributed by atoms with van der Waals surface area (Å²) in [6, 6.07) is 7.78. The number of aryl methyl sites for hydroxylation is 1. The summed E-state index contributed by atoms with van der Waals surface area (Å²) in [6.07, 6.45) is 3.61. The number of nitrogens with zero attached hydrogens (tertiary/aromatic N) is 3. The predicted molar refractivity (Wildman–Crippen MR) is 92.6 cm³/mol. The molecule has 1 aliphatic heterocycles. The molecule has 1 fully saturated rings. The highest BCUT2D eigenvalue weighted by Crippen LogP contribution is 2.25.